The molecule has 2 aliphatic rings. The number of rotatable bonds is 4. The molecule has 2 fully saturated rings. The van der Waals surface area contributed by atoms with Crippen LogP contribution in [-0.2, 0) is 9.53 Å². The first-order valence-corrected chi connectivity index (χ1v) is 7.06. The first-order chi connectivity index (χ1) is 8.75. The van der Waals surface area contributed by atoms with E-state index < -0.39 is 0 Å². The van der Waals surface area contributed by atoms with Gasteiger partial charge in [0.05, 0.1) is 0 Å². The Bertz CT molecular complexity index is 259. The number of piperazine rings is 1. The van der Waals surface area contributed by atoms with Crippen molar-refractivity contribution >= 4 is 5.97 Å². The van der Waals surface area contributed by atoms with Crippen molar-refractivity contribution in [3.05, 3.63) is 0 Å². The maximum Gasteiger partial charge on any atom is 0.302 e. The van der Waals surface area contributed by atoms with Crippen LogP contribution in [0.5, 0.6) is 0 Å². The summed E-state index contributed by atoms with van der Waals surface area (Å²) in [5.74, 6) is -0.177. The van der Waals surface area contributed by atoms with E-state index in [1.165, 1.54) is 19.8 Å². The highest BCUT2D eigenvalue weighted by molar-refractivity contribution is 5.65. The van der Waals surface area contributed by atoms with Gasteiger partial charge in [-0.15, -0.1) is 0 Å². The predicted octanol–water partition coefficient (Wildman–Crippen LogP) is -0.0809. The van der Waals surface area contributed by atoms with E-state index in [2.05, 4.69) is 15.1 Å². The summed E-state index contributed by atoms with van der Waals surface area (Å²) in [6.07, 6.45) is 2.57. The van der Waals surface area contributed by atoms with Crippen LogP contribution in [0.4, 0.5) is 0 Å². The summed E-state index contributed by atoms with van der Waals surface area (Å²) in [6, 6.07) is 0.780. The van der Waals surface area contributed by atoms with Crippen LogP contribution in [0.2, 0.25) is 0 Å². The standard InChI is InChI=1S/C13H25N3O2/c1-12(17)18-11-10-15-6-8-16(9-7-15)13-2-4-14-5-3-13/h13-14H,2-11H2,1H3. The van der Waals surface area contributed by atoms with Crippen molar-refractivity contribution in [1.29, 1.82) is 0 Å². The summed E-state index contributed by atoms with van der Waals surface area (Å²) in [5.41, 5.74) is 0. The van der Waals surface area contributed by atoms with Gasteiger partial charge in [-0.25, -0.2) is 0 Å². The minimum atomic E-state index is -0.177. The largest absolute Gasteiger partial charge is 0.465 e. The molecule has 2 saturated heterocycles. The summed E-state index contributed by atoms with van der Waals surface area (Å²) in [4.78, 5) is 15.7. The molecule has 5 heteroatoms. The number of piperidine rings is 1. The van der Waals surface area contributed by atoms with Gasteiger partial charge in [0.25, 0.3) is 0 Å². The van der Waals surface area contributed by atoms with Gasteiger partial charge in [0.15, 0.2) is 0 Å². The molecule has 2 heterocycles. The summed E-state index contributed by atoms with van der Waals surface area (Å²) in [6.45, 7) is 9.72. The van der Waals surface area contributed by atoms with E-state index in [9.17, 15) is 4.79 Å². The highest BCUT2D eigenvalue weighted by atomic mass is 16.5. The molecule has 0 spiro atoms. The Hall–Kier alpha value is -0.650. The number of hydrogen-bond acceptors (Lipinski definition) is 5. The van der Waals surface area contributed by atoms with Gasteiger partial charge in [-0.2, -0.15) is 0 Å². The summed E-state index contributed by atoms with van der Waals surface area (Å²) >= 11 is 0. The average molecular weight is 255 g/mol. The van der Waals surface area contributed by atoms with Crippen LogP contribution >= 0.6 is 0 Å². The highest BCUT2D eigenvalue weighted by Crippen LogP contribution is 2.14. The van der Waals surface area contributed by atoms with Gasteiger partial charge in [0.2, 0.25) is 0 Å². The zero-order valence-electron chi connectivity index (χ0n) is 11.4. The Morgan fingerprint density at radius 2 is 1.89 bits per heavy atom. The maximum atomic E-state index is 10.7. The Morgan fingerprint density at radius 3 is 2.50 bits per heavy atom. The molecule has 0 unspecified atom stereocenters. The van der Waals surface area contributed by atoms with Gasteiger partial charge in [-0.1, -0.05) is 0 Å². The lowest BCUT2D eigenvalue weighted by atomic mass is 10.0. The van der Waals surface area contributed by atoms with Gasteiger partial charge in [0, 0.05) is 45.7 Å². The predicted molar refractivity (Wildman–Crippen MR) is 70.5 cm³/mol. The number of esters is 1. The third-order valence-corrected chi connectivity index (χ3v) is 3.94. The fraction of sp³-hybridized carbons (Fsp3) is 0.923. The molecule has 2 rings (SSSR count). The number of ether oxygens (including phenoxy) is 1. The Morgan fingerprint density at radius 1 is 1.22 bits per heavy atom. The van der Waals surface area contributed by atoms with E-state index in [4.69, 9.17) is 4.74 Å². The quantitative estimate of drug-likeness (QED) is 0.712. The Labute approximate surface area is 109 Å². The summed E-state index contributed by atoms with van der Waals surface area (Å²) < 4.78 is 4.99. The fourth-order valence-corrected chi connectivity index (χ4v) is 2.84. The lowest BCUT2D eigenvalue weighted by molar-refractivity contribution is -0.141. The van der Waals surface area contributed by atoms with E-state index in [0.717, 1.165) is 51.9 Å². The molecule has 104 valence electrons. The van der Waals surface area contributed by atoms with Crippen molar-refractivity contribution in [3.8, 4) is 0 Å². The number of carbonyl (C=O) groups is 1. The third-order valence-electron chi connectivity index (χ3n) is 3.94. The molecule has 0 aromatic carbocycles. The van der Waals surface area contributed by atoms with Gasteiger partial charge in [-0.05, 0) is 25.9 Å². The molecule has 5 nitrogen and oxygen atoms in total. The molecule has 0 aliphatic carbocycles. The van der Waals surface area contributed by atoms with Gasteiger partial charge >= 0.3 is 5.97 Å². The molecule has 0 aromatic heterocycles. The highest BCUT2D eigenvalue weighted by Gasteiger charge is 2.24. The Kier molecular flexibility index (Phi) is 5.41. The second-order valence-corrected chi connectivity index (χ2v) is 5.20. The average Bonchev–Trinajstić information content (AvgIpc) is 2.40. The second kappa shape index (κ2) is 7.07. The third kappa shape index (κ3) is 4.23. The molecular formula is C13H25N3O2. The van der Waals surface area contributed by atoms with Gasteiger partial charge < -0.3 is 10.1 Å². The fourth-order valence-electron chi connectivity index (χ4n) is 2.84. The van der Waals surface area contributed by atoms with Crippen LogP contribution < -0.4 is 5.32 Å². The number of hydrogen-bond donors (Lipinski definition) is 1. The van der Waals surface area contributed by atoms with Crippen molar-refractivity contribution in [2.45, 2.75) is 25.8 Å². The van der Waals surface area contributed by atoms with Crippen LogP contribution in [0.3, 0.4) is 0 Å². The van der Waals surface area contributed by atoms with Crippen LogP contribution in [0.15, 0.2) is 0 Å². The first kappa shape index (κ1) is 13.8. The molecule has 0 amide bonds. The Balaban J connectivity index is 1.63. The zero-order chi connectivity index (χ0) is 12.8. The normalized spacial score (nSPS) is 24.1. The van der Waals surface area contributed by atoms with E-state index in [-0.39, 0.29) is 5.97 Å². The van der Waals surface area contributed by atoms with Crippen molar-refractivity contribution < 1.29 is 9.53 Å². The van der Waals surface area contributed by atoms with Crippen molar-refractivity contribution in [3.63, 3.8) is 0 Å². The molecule has 18 heavy (non-hydrogen) atoms. The van der Waals surface area contributed by atoms with E-state index in [1.54, 1.807) is 0 Å². The lowest BCUT2D eigenvalue weighted by Gasteiger charge is -2.40. The van der Waals surface area contributed by atoms with E-state index in [1.807, 2.05) is 0 Å². The number of nitrogens with one attached hydrogen (secondary N) is 1. The smallest absolute Gasteiger partial charge is 0.302 e. The van der Waals surface area contributed by atoms with Crippen molar-refractivity contribution in [1.82, 2.24) is 15.1 Å². The molecular weight excluding hydrogens is 230 g/mol. The topological polar surface area (TPSA) is 44.8 Å². The lowest BCUT2D eigenvalue weighted by Crippen LogP contribution is -2.53. The van der Waals surface area contributed by atoms with Gasteiger partial charge in [0.1, 0.15) is 6.61 Å². The molecule has 0 radical (unpaired) electrons. The van der Waals surface area contributed by atoms with Crippen LogP contribution in [0.1, 0.15) is 19.8 Å². The SMILES string of the molecule is CC(=O)OCCN1CCN(C2CCNCC2)CC1. The first-order valence-electron chi connectivity index (χ1n) is 7.06. The van der Waals surface area contributed by atoms with Crippen molar-refractivity contribution in [2.75, 3.05) is 52.4 Å². The molecule has 2 aliphatic heterocycles. The minimum Gasteiger partial charge on any atom is -0.465 e. The number of carbonyl (C=O) groups excluding carboxylic acids is 1. The van der Waals surface area contributed by atoms with Crippen LogP contribution in [0.25, 0.3) is 0 Å². The van der Waals surface area contributed by atoms with E-state index in [0.29, 0.717) is 6.61 Å². The molecule has 0 aromatic rings. The molecule has 1 N–H and O–H groups in total. The van der Waals surface area contributed by atoms with Crippen LogP contribution in [0, 0.1) is 0 Å². The van der Waals surface area contributed by atoms with Crippen molar-refractivity contribution in [2.24, 2.45) is 0 Å². The monoisotopic (exact) mass is 255 g/mol. The zero-order valence-corrected chi connectivity index (χ0v) is 11.4. The summed E-state index contributed by atoms with van der Waals surface area (Å²) in [5, 5.41) is 3.42. The number of nitrogens with zero attached hydrogens (tertiary/aromatic N) is 2. The molecule has 0 saturated carbocycles. The summed E-state index contributed by atoms with van der Waals surface area (Å²) in [7, 11) is 0. The molecule has 0 bridgehead atoms. The minimum absolute atomic E-state index is 0.177. The molecule has 0 atom stereocenters. The van der Waals surface area contributed by atoms with Gasteiger partial charge in [-0.3, -0.25) is 14.6 Å². The second-order valence-electron chi connectivity index (χ2n) is 5.20. The van der Waals surface area contributed by atoms with Crippen LogP contribution in [-0.4, -0.2) is 74.2 Å². The maximum absolute atomic E-state index is 10.7. The van der Waals surface area contributed by atoms with E-state index >= 15 is 0 Å².